The summed E-state index contributed by atoms with van der Waals surface area (Å²) in [5, 5.41) is 3.69. The zero-order valence-electron chi connectivity index (χ0n) is 22.3. The van der Waals surface area contributed by atoms with E-state index in [1.165, 1.54) is 7.11 Å². The first-order valence-electron chi connectivity index (χ1n) is 12.7. The fourth-order valence-corrected chi connectivity index (χ4v) is 5.98. The van der Waals surface area contributed by atoms with E-state index >= 15 is 0 Å². The summed E-state index contributed by atoms with van der Waals surface area (Å²) in [6.45, 7) is 9.81. The monoisotopic (exact) mass is 526 g/mol. The maximum Gasteiger partial charge on any atom is 0.351 e. The summed E-state index contributed by atoms with van der Waals surface area (Å²) in [5.41, 5.74) is 3.98. The lowest BCUT2D eigenvalue weighted by atomic mass is 9.92. The van der Waals surface area contributed by atoms with Gasteiger partial charge in [-0.05, 0) is 62.1 Å². The Balaban J connectivity index is 1.90. The second-order valence-electron chi connectivity index (χ2n) is 9.25. The molecule has 0 atom stereocenters. The average Bonchev–Trinajstić information content (AvgIpc) is 3.26. The van der Waals surface area contributed by atoms with Gasteiger partial charge in [-0.2, -0.15) is 0 Å². The third kappa shape index (κ3) is 4.47. The van der Waals surface area contributed by atoms with E-state index < -0.39 is 11.6 Å². The molecule has 5 aromatic rings. The number of fused-ring (bicyclic) bond motifs is 2. The van der Waals surface area contributed by atoms with Crippen molar-refractivity contribution in [2.45, 2.75) is 34.1 Å². The highest BCUT2D eigenvalue weighted by Gasteiger charge is 2.26. The Labute approximate surface area is 225 Å². The number of carbonyl (C=O) groups is 1. The van der Waals surface area contributed by atoms with Crippen LogP contribution in [-0.2, 0) is 11.2 Å². The molecule has 0 radical (unpaired) electrons. The Hall–Kier alpha value is -3.97. The molecule has 6 nitrogen and oxygen atoms in total. The van der Waals surface area contributed by atoms with E-state index in [2.05, 4.69) is 43.0 Å². The van der Waals surface area contributed by atoms with Crippen LogP contribution in [0.15, 0.2) is 63.8 Å². The van der Waals surface area contributed by atoms with Crippen molar-refractivity contribution >= 4 is 44.7 Å². The minimum Gasteiger partial charge on any atom is -0.465 e. The Bertz CT molecular complexity index is 1710. The van der Waals surface area contributed by atoms with Crippen molar-refractivity contribution in [3.05, 3.63) is 92.3 Å². The summed E-state index contributed by atoms with van der Waals surface area (Å²) in [7, 11) is 1.28. The van der Waals surface area contributed by atoms with Crippen molar-refractivity contribution in [3.8, 4) is 10.6 Å². The van der Waals surface area contributed by atoms with Gasteiger partial charge in [0.2, 0.25) is 0 Å². The van der Waals surface area contributed by atoms with E-state index in [0.717, 1.165) is 56.3 Å². The summed E-state index contributed by atoms with van der Waals surface area (Å²) < 4.78 is 10.9. The van der Waals surface area contributed by atoms with Crippen LogP contribution in [0.5, 0.6) is 0 Å². The summed E-state index contributed by atoms with van der Waals surface area (Å²) >= 11 is 1.59. The van der Waals surface area contributed by atoms with Crippen LogP contribution in [0.1, 0.15) is 45.9 Å². The number of benzene rings is 3. The van der Waals surface area contributed by atoms with Gasteiger partial charge in [0.25, 0.3) is 0 Å². The minimum absolute atomic E-state index is 0.0743. The number of esters is 1. The molecule has 38 heavy (non-hydrogen) atoms. The Morgan fingerprint density at radius 3 is 2.47 bits per heavy atom. The van der Waals surface area contributed by atoms with E-state index in [0.29, 0.717) is 23.0 Å². The van der Waals surface area contributed by atoms with Gasteiger partial charge in [0, 0.05) is 40.7 Å². The molecule has 0 spiro atoms. The van der Waals surface area contributed by atoms with Gasteiger partial charge in [0.1, 0.15) is 16.2 Å². The molecule has 0 fully saturated rings. The molecule has 7 heteroatoms. The van der Waals surface area contributed by atoms with Crippen LogP contribution < -0.4 is 10.5 Å². The molecule has 0 aliphatic carbocycles. The fraction of sp³-hybridized carbons (Fsp3) is 0.258. The Morgan fingerprint density at radius 1 is 1.05 bits per heavy atom. The average molecular weight is 527 g/mol. The van der Waals surface area contributed by atoms with E-state index in [1.54, 1.807) is 11.3 Å². The van der Waals surface area contributed by atoms with Crippen molar-refractivity contribution < 1.29 is 13.9 Å². The number of ether oxygens (including phenoxy) is 1. The van der Waals surface area contributed by atoms with E-state index in [-0.39, 0.29) is 5.56 Å². The number of aryl methyl sites for hydroxylation is 2. The fourth-order valence-electron chi connectivity index (χ4n) is 5.04. The summed E-state index contributed by atoms with van der Waals surface area (Å²) in [6.07, 6.45) is 0.356. The largest absolute Gasteiger partial charge is 0.465 e. The predicted octanol–water partition coefficient (Wildman–Crippen LogP) is 6.91. The van der Waals surface area contributed by atoms with Crippen molar-refractivity contribution in [3.63, 3.8) is 0 Å². The highest BCUT2D eigenvalue weighted by Crippen LogP contribution is 2.39. The Morgan fingerprint density at radius 2 is 1.79 bits per heavy atom. The number of rotatable bonds is 7. The molecular weight excluding hydrogens is 496 g/mol. The molecule has 2 aromatic heterocycles. The van der Waals surface area contributed by atoms with Crippen LogP contribution in [0.4, 0.5) is 5.69 Å². The molecule has 0 amide bonds. The van der Waals surface area contributed by atoms with Gasteiger partial charge in [-0.25, -0.2) is 14.6 Å². The third-order valence-corrected chi connectivity index (χ3v) is 8.23. The number of thiazole rings is 1. The summed E-state index contributed by atoms with van der Waals surface area (Å²) in [5.74, 6) is -0.707. The van der Waals surface area contributed by atoms with Gasteiger partial charge in [0.15, 0.2) is 0 Å². The molecule has 2 heterocycles. The molecule has 0 unspecified atom stereocenters. The standard InChI is InChI=1S/C31H30N2O4S/c1-6-33(7-2)22-16-25(29-32-18(3)19(4)38-29)27-24(28(30(34)36-5)31(35)37-26(27)17-22)15-21-13-10-12-20-11-8-9-14-23(20)21/h8-14,16-17H,6-7,15H2,1-5H3. The maximum atomic E-state index is 13.3. The zero-order chi connectivity index (χ0) is 27.0. The second kappa shape index (κ2) is 10.4. The number of carbonyl (C=O) groups excluding carboxylic acids is 1. The van der Waals surface area contributed by atoms with E-state index in [4.69, 9.17) is 14.1 Å². The number of methoxy groups -OCH3 is 1. The van der Waals surface area contributed by atoms with Gasteiger partial charge < -0.3 is 14.1 Å². The van der Waals surface area contributed by atoms with Gasteiger partial charge in [-0.15, -0.1) is 11.3 Å². The smallest absolute Gasteiger partial charge is 0.351 e. The molecule has 5 rings (SSSR count). The number of anilines is 1. The first-order chi connectivity index (χ1) is 18.4. The van der Waals surface area contributed by atoms with Crippen molar-refractivity contribution in [2.24, 2.45) is 0 Å². The normalized spacial score (nSPS) is 11.3. The lowest BCUT2D eigenvalue weighted by molar-refractivity contribution is 0.0595. The third-order valence-electron chi connectivity index (χ3n) is 7.12. The van der Waals surface area contributed by atoms with E-state index in [1.807, 2.05) is 44.2 Å². The predicted molar refractivity (Wildman–Crippen MR) is 155 cm³/mol. The Kier molecular flexibility index (Phi) is 7.04. The topological polar surface area (TPSA) is 72.6 Å². The van der Waals surface area contributed by atoms with Crippen LogP contribution in [0.2, 0.25) is 0 Å². The zero-order valence-corrected chi connectivity index (χ0v) is 23.1. The number of nitrogens with zero attached hydrogens (tertiary/aromatic N) is 2. The van der Waals surface area contributed by atoms with Gasteiger partial charge in [-0.1, -0.05) is 42.5 Å². The highest BCUT2D eigenvalue weighted by molar-refractivity contribution is 7.15. The van der Waals surface area contributed by atoms with Crippen LogP contribution in [0, 0.1) is 13.8 Å². The first kappa shape index (κ1) is 25.7. The number of hydrogen-bond acceptors (Lipinski definition) is 7. The van der Waals surface area contributed by atoms with Gasteiger partial charge in [-0.3, -0.25) is 0 Å². The van der Waals surface area contributed by atoms with Gasteiger partial charge >= 0.3 is 11.6 Å². The quantitative estimate of drug-likeness (QED) is 0.169. The summed E-state index contributed by atoms with van der Waals surface area (Å²) in [4.78, 5) is 34.5. The van der Waals surface area contributed by atoms with Crippen molar-refractivity contribution in [1.82, 2.24) is 4.98 Å². The van der Waals surface area contributed by atoms with Crippen LogP contribution in [0.25, 0.3) is 32.3 Å². The second-order valence-corrected chi connectivity index (χ2v) is 10.5. The molecule has 0 saturated carbocycles. The summed E-state index contributed by atoms with van der Waals surface area (Å²) in [6, 6.07) is 18.2. The molecule has 0 saturated heterocycles. The van der Waals surface area contributed by atoms with Gasteiger partial charge in [0.05, 0.1) is 12.8 Å². The lowest BCUT2D eigenvalue weighted by Gasteiger charge is -2.23. The van der Waals surface area contributed by atoms with E-state index in [9.17, 15) is 9.59 Å². The van der Waals surface area contributed by atoms with Crippen LogP contribution >= 0.6 is 11.3 Å². The number of hydrogen-bond donors (Lipinski definition) is 0. The van der Waals surface area contributed by atoms with Crippen LogP contribution in [0.3, 0.4) is 0 Å². The first-order valence-corrected chi connectivity index (χ1v) is 13.6. The molecular formula is C31H30N2O4S. The molecule has 3 aromatic carbocycles. The SMILES string of the molecule is CCN(CC)c1cc(-c2nc(C)c(C)s2)c2c(Cc3cccc4ccccc34)c(C(=O)OC)c(=O)oc2c1. The molecule has 0 N–H and O–H groups in total. The molecule has 0 bridgehead atoms. The lowest BCUT2D eigenvalue weighted by Crippen LogP contribution is -2.22. The van der Waals surface area contributed by atoms with Crippen molar-refractivity contribution in [2.75, 3.05) is 25.1 Å². The molecule has 0 aliphatic rings. The molecule has 194 valence electrons. The minimum atomic E-state index is -0.707. The van der Waals surface area contributed by atoms with Crippen LogP contribution in [-0.4, -0.2) is 31.2 Å². The van der Waals surface area contributed by atoms with Crippen molar-refractivity contribution in [1.29, 1.82) is 0 Å². The molecule has 0 aliphatic heterocycles. The number of aromatic nitrogens is 1. The maximum absolute atomic E-state index is 13.3. The highest BCUT2D eigenvalue weighted by atomic mass is 32.1.